The van der Waals surface area contributed by atoms with E-state index in [0.29, 0.717) is 13.2 Å². The lowest BCUT2D eigenvalue weighted by Gasteiger charge is -2.04. The van der Waals surface area contributed by atoms with Gasteiger partial charge in [0, 0.05) is 0 Å². The maximum atomic E-state index is 5.57. The average molecular weight is 228 g/mol. The highest BCUT2D eigenvalue weighted by Gasteiger charge is 1.94. The fourth-order valence-corrected chi connectivity index (χ4v) is 1.29. The number of aryl methyl sites for hydroxylation is 1. The van der Waals surface area contributed by atoms with Gasteiger partial charge in [0.05, 0.1) is 13.2 Å². The Balaban J connectivity index is 2.30. The van der Waals surface area contributed by atoms with Crippen LogP contribution in [0.25, 0.3) is 0 Å². The molecular weight excluding hydrogens is 208 g/mol. The monoisotopic (exact) mass is 228 g/mol. The van der Waals surface area contributed by atoms with Crippen molar-refractivity contribution in [1.29, 1.82) is 0 Å². The predicted molar refractivity (Wildman–Crippen MR) is 73.9 cm³/mol. The third-order valence-electron chi connectivity index (χ3n) is 2.28. The van der Waals surface area contributed by atoms with E-state index in [1.807, 2.05) is 19.1 Å². The van der Waals surface area contributed by atoms with Gasteiger partial charge in [0.1, 0.15) is 0 Å². The molecule has 90 valence electrons. The Morgan fingerprint density at radius 2 is 1.82 bits per heavy atom. The van der Waals surface area contributed by atoms with Gasteiger partial charge in [0.15, 0.2) is 0 Å². The van der Waals surface area contributed by atoms with E-state index >= 15 is 0 Å². The third kappa shape index (κ3) is 5.88. The number of ether oxygens (including phenoxy) is 1. The lowest BCUT2D eigenvalue weighted by molar-refractivity contribution is 0.144. The molecule has 0 heterocycles. The van der Waals surface area contributed by atoms with Gasteiger partial charge in [-0.25, -0.2) is 0 Å². The van der Waals surface area contributed by atoms with E-state index in [4.69, 9.17) is 4.74 Å². The second kappa shape index (κ2) is 6.87. The Labute approximate surface area is 104 Å². The van der Waals surface area contributed by atoms with Crippen LogP contribution in [0.4, 0.5) is 0 Å². The van der Waals surface area contributed by atoms with Crippen molar-refractivity contribution in [3.05, 3.63) is 71.8 Å². The Morgan fingerprint density at radius 3 is 2.41 bits per heavy atom. The fourth-order valence-electron chi connectivity index (χ4n) is 1.29. The highest BCUT2D eigenvalue weighted by molar-refractivity contribution is 5.23. The van der Waals surface area contributed by atoms with Crippen molar-refractivity contribution in [2.45, 2.75) is 20.5 Å². The van der Waals surface area contributed by atoms with Crippen LogP contribution in [0.15, 0.2) is 60.7 Å². The largest absolute Gasteiger partial charge is 0.372 e. The first kappa shape index (κ1) is 13.5. The zero-order valence-corrected chi connectivity index (χ0v) is 10.7. The van der Waals surface area contributed by atoms with Crippen LogP contribution in [0.1, 0.15) is 18.1 Å². The first-order valence-corrected chi connectivity index (χ1v) is 5.72. The van der Waals surface area contributed by atoms with Crippen molar-refractivity contribution in [2.75, 3.05) is 6.61 Å². The number of rotatable bonds is 6. The molecule has 0 unspecified atom stereocenters. The van der Waals surface area contributed by atoms with Gasteiger partial charge in [-0.3, -0.25) is 0 Å². The SMILES string of the molecule is C=C(C)/C=C\C(=C)COCc1ccc(C)cc1. The van der Waals surface area contributed by atoms with Crippen molar-refractivity contribution in [3.63, 3.8) is 0 Å². The van der Waals surface area contributed by atoms with E-state index < -0.39 is 0 Å². The van der Waals surface area contributed by atoms with E-state index in [9.17, 15) is 0 Å². The van der Waals surface area contributed by atoms with Gasteiger partial charge in [-0.15, -0.1) is 0 Å². The Morgan fingerprint density at radius 1 is 1.18 bits per heavy atom. The van der Waals surface area contributed by atoms with E-state index in [1.54, 1.807) is 0 Å². The molecule has 0 bridgehead atoms. The van der Waals surface area contributed by atoms with Gasteiger partial charge in [-0.05, 0) is 25.0 Å². The van der Waals surface area contributed by atoms with E-state index in [2.05, 4.69) is 44.3 Å². The number of benzene rings is 1. The molecule has 0 saturated heterocycles. The van der Waals surface area contributed by atoms with Crippen molar-refractivity contribution in [2.24, 2.45) is 0 Å². The van der Waals surface area contributed by atoms with Gasteiger partial charge in [0.2, 0.25) is 0 Å². The summed E-state index contributed by atoms with van der Waals surface area (Å²) in [7, 11) is 0. The third-order valence-corrected chi connectivity index (χ3v) is 2.28. The maximum Gasteiger partial charge on any atom is 0.0721 e. The lowest BCUT2D eigenvalue weighted by Crippen LogP contribution is -1.96. The first-order valence-electron chi connectivity index (χ1n) is 5.72. The van der Waals surface area contributed by atoms with E-state index in [1.165, 1.54) is 11.1 Å². The summed E-state index contributed by atoms with van der Waals surface area (Å²) in [5.41, 5.74) is 4.43. The highest BCUT2D eigenvalue weighted by Crippen LogP contribution is 2.06. The minimum absolute atomic E-state index is 0.553. The minimum atomic E-state index is 0.553. The van der Waals surface area contributed by atoms with Gasteiger partial charge >= 0.3 is 0 Å². The summed E-state index contributed by atoms with van der Waals surface area (Å²) in [6.45, 7) is 12.9. The Kier molecular flexibility index (Phi) is 5.44. The molecule has 0 spiro atoms. The smallest absolute Gasteiger partial charge is 0.0721 e. The van der Waals surface area contributed by atoms with Crippen LogP contribution in [0, 0.1) is 6.92 Å². The molecule has 0 aliphatic heterocycles. The zero-order chi connectivity index (χ0) is 12.7. The molecule has 0 aliphatic carbocycles. The van der Waals surface area contributed by atoms with Gasteiger partial charge in [-0.2, -0.15) is 0 Å². The van der Waals surface area contributed by atoms with Gasteiger partial charge < -0.3 is 4.74 Å². The maximum absolute atomic E-state index is 5.57. The second-order valence-corrected chi connectivity index (χ2v) is 4.32. The van der Waals surface area contributed by atoms with Crippen LogP contribution in [0.5, 0.6) is 0 Å². The standard InChI is InChI=1S/C16H20O/c1-13(2)5-6-15(4)11-17-12-16-9-7-14(3)8-10-16/h5-10H,1,4,11-12H2,2-3H3/b6-5-. The molecule has 0 aliphatic rings. The molecule has 0 N–H and O–H groups in total. The Bertz CT molecular complexity index is 410. The zero-order valence-electron chi connectivity index (χ0n) is 10.7. The summed E-state index contributed by atoms with van der Waals surface area (Å²) >= 11 is 0. The second-order valence-electron chi connectivity index (χ2n) is 4.32. The van der Waals surface area contributed by atoms with Crippen LogP contribution in [0.2, 0.25) is 0 Å². The molecule has 1 nitrogen and oxygen atoms in total. The van der Waals surface area contributed by atoms with Crippen LogP contribution >= 0.6 is 0 Å². The van der Waals surface area contributed by atoms with Crippen LogP contribution < -0.4 is 0 Å². The molecule has 1 aromatic carbocycles. The summed E-state index contributed by atoms with van der Waals surface area (Å²) < 4.78 is 5.57. The quantitative estimate of drug-likeness (QED) is 0.663. The number of hydrogen-bond acceptors (Lipinski definition) is 1. The molecule has 0 aromatic heterocycles. The molecule has 0 amide bonds. The molecule has 0 fully saturated rings. The molecule has 1 aromatic rings. The summed E-state index contributed by atoms with van der Waals surface area (Å²) in [6.07, 6.45) is 3.88. The Hall–Kier alpha value is -1.60. The van der Waals surface area contributed by atoms with Crippen molar-refractivity contribution in [1.82, 2.24) is 0 Å². The van der Waals surface area contributed by atoms with Crippen molar-refractivity contribution >= 4 is 0 Å². The summed E-state index contributed by atoms with van der Waals surface area (Å²) in [6, 6.07) is 8.35. The number of hydrogen-bond donors (Lipinski definition) is 0. The highest BCUT2D eigenvalue weighted by atomic mass is 16.5. The summed E-state index contributed by atoms with van der Waals surface area (Å²) in [5, 5.41) is 0. The number of allylic oxidation sites excluding steroid dienone is 2. The van der Waals surface area contributed by atoms with Crippen LogP contribution in [-0.2, 0) is 11.3 Å². The molecule has 17 heavy (non-hydrogen) atoms. The summed E-state index contributed by atoms with van der Waals surface area (Å²) in [4.78, 5) is 0. The topological polar surface area (TPSA) is 9.23 Å². The van der Waals surface area contributed by atoms with E-state index in [0.717, 1.165) is 11.1 Å². The predicted octanol–water partition coefficient (Wildman–Crippen LogP) is 4.20. The summed E-state index contributed by atoms with van der Waals surface area (Å²) in [5.74, 6) is 0. The van der Waals surface area contributed by atoms with Crippen LogP contribution in [-0.4, -0.2) is 6.61 Å². The minimum Gasteiger partial charge on any atom is -0.372 e. The molecular formula is C16H20O. The van der Waals surface area contributed by atoms with E-state index in [-0.39, 0.29) is 0 Å². The average Bonchev–Trinajstić information content (AvgIpc) is 2.29. The molecule has 0 atom stereocenters. The molecule has 0 radical (unpaired) electrons. The van der Waals surface area contributed by atoms with Crippen molar-refractivity contribution in [3.8, 4) is 0 Å². The molecule has 1 rings (SSSR count). The van der Waals surface area contributed by atoms with Crippen LogP contribution in [0.3, 0.4) is 0 Å². The normalized spacial score (nSPS) is 10.7. The molecule has 0 saturated carbocycles. The van der Waals surface area contributed by atoms with Crippen molar-refractivity contribution < 1.29 is 4.74 Å². The lowest BCUT2D eigenvalue weighted by atomic mass is 10.2. The fraction of sp³-hybridized carbons (Fsp3) is 0.250. The van der Waals surface area contributed by atoms with Gasteiger partial charge in [-0.1, -0.05) is 60.7 Å². The molecule has 1 heteroatoms. The van der Waals surface area contributed by atoms with Gasteiger partial charge in [0.25, 0.3) is 0 Å². The first-order chi connectivity index (χ1) is 8.08.